The number of methoxy groups -OCH3 is 1. The zero-order valence-corrected chi connectivity index (χ0v) is 26.0. The van der Waals surface area contributed by atoms with Gasteiger partial charge >= 0.3 is 0 Å². The summed E-state index contributed by atoms with van der Waals surface area (Å²) < 4.78 is 37.0. The van der Waals surface area contributed by atoms with Gasteiger partial charge in [0.25, 0.3) is 0 Å². The third-order valence-corrected chi connectivity index (χ3v) is 8.66. The number of aliphatic hydroxyl groups is 1. The average molecular weight is 650 g/mol. The Morgan fingerprint density at radius 3 is 2.65 bits per heavy atom. The topological polar surface area (TPSA) is 125 Å². The predicted molar refractivity (Wildman–Crippen MR) is 171 cm³/mol. The monoisotopic (exact) mass is 649 g/mol. The second kappa shape index (κ2) is 14.0. The molecule has 0 spiro atoms. The number of ether oxygens (including phenoxy) is 1. The van der Waals surface area contributed by atoms with Gasteiger partial charge in [0.05, 0.1) is 23.5 Å². The van der Waals surface area contributed by atoms with Crippen molar-refractivity contribution in [2.45, 2.75) is 32.0 Å². The fourth-order valence-electron chi connectivity index (χ4n) is 5.77. The van der Waals surface area contributed by atoms with Crippen molar-refractivity contribution in [2.75, 3.05) is 38.7 Å². The van der Waals surface area contributed by atoms with Gasteiger partial charge in [-0.05, 0) is 30.7 Å². The third-order valence-electron chi connectivity index (χ3n) is 8.25. The van der Waals surface area contributed by atoms with E-state index in [0.29, 0.717) is 67.5 Å². The normalized spacial score (nSPS) is 16.7. The molecule has 1 aromatic carbocycles. The fraction of sp³-hybridized carbons (Fsp3) is 0.333. The van der Waals surface area contributed by atoms with Crippen molar-refractivity contribution in [3.63, 3.8) is 0 Å². The van der Waals surface area contributed by atoms with Crippen molar-refractivity contribution in [1.82, 2.24) is 30.5 Å². The van der Waals surface area contributed by atoms with E-state index in [1.165, 1.54) is 25.6 Å². The Morgan fingerprint density at radius 2 is 1.89 bits per heavy atom. The van der Waals surface area contributed by atoms with E-state index in [0.717, 1.165) is 12.0 Å². The number of carbonyl (C=O) groups excluding carboxylic acids is 1. The molecule has 13 heteroatoms. The van der Waals surface area contributed by atoms with E-state index >= 15 is 8.78 Å². The molecule has 1 amide bonds. The van der Waals surface area contributed by atoms with Crippen LogP contribution in [0.5, 0.6) is 5.88 Å². The first-order chi connectivity index (χ1) is 22.3. The van der Waals surface area contributed by atoms with Crippen LogP contribution in [0.4, 0.5) is 20.3 Å². The Morgan fingerprint density at radius 1 is 1.07 bits per heavy atom. The maximum Gasteiger partial charge on any atom is 0.220 e. The Kier molecular flexibility index (Phi) is 9.69. The summed E-state index contributed by atoms with van der Waals surface area (Å²) in [6, 6.07) is 11.7. The predicted octanol–water partition coefficient (Wildman–Crippen LogP) is 4.68. The average Bonchev–Trinajstić information content (AvgIpc) is 3.46. The number of hydrogen-bond acceptors (Lipinski definition) is 9. The summed E-state index contributed by atoms with van der Waals surface area (Å²) in [7, 11) is 1.50. The van der Waals surface area contributed by atoms with Gasteiger partial charge in [-0.2, -0.15) is 0 Å². The molecule has 10 nitrogen and oxygen atoms in total. The van der Waals surface area contributed by atoms with Crippen molar-refractivity contribution in [2.24, 2.45) is 5.92 Å². The van der Waals surface area contributed by atoms with Gasteiger partial charge in [-0.1, -0.05) is 29.8 Å². The number of amides is 1. The fourth-order valence-corrected chi connectivity index (χ4v) is 6.03. The number of aromatic nitrogens is 3. The number of likely N-dealkylation sites (tertiary alicyclic amines) is 1. The Labute approximate surface area is 270 Å². The number of nitrogens with zero attached hydrogens (tertiary/aromatic N) is 4. The first kappa shape index (κ1) is 31.7. The molecule has 1 atom stereocenters. The van der Waals surface area contributed by atoms with Crippen LogP contribution in [-0.2, 0) is 17.9 Å². The summed E-state index contributed by atoms with van der Waals surface area (Å²) in [4.78, 5) is 26.5. The van der Waals surface area contributed by atoms with Crippen molar-refractivity contribution in [1.29, 1.82) is 0 Å². The van der Waals surface area contributed by atoms with Crippen LogP contribution in [0, 0.1) is 17.6 Å². The highest BCUT2D eigenvalue weighted by molar-refractivity contribution is 6.36. The largest absolute Gasteiger partial charge is 0.481 e. The Balaban J connectivity index is 1.20. The van der Waals surface area contributed by atoms with Gasteiger partial charge in [0, 0.05) is 92.4 Å². The molecule has 6 rings (SSSR count). The minimum Gasteiger partial charge on any atom is -0.481 e. The second-order valence-electron chi connectivity index (χ2n) is 11.5. The molecule has 0 aliphatic carbocycles. The lowest BCUT2D eigenvalue weighted by atomic mass is 10.0. The molecule has 0 unspecified atom stereocenters. The molecule has 0 radical (unpaired) electrons. The minimum atomic E-state index is -0.624. The maximum atomic E-state index is 16.1. The van der Waals surface area contributed by atoms with Crippen LogP contribution in [0.25, 0.3) is 22.5 Å². The molecule has 4 N–H and O–H groups in total. The number of benzene rings is 1. The van der Waals surface area contributed by atoms with Crippen LogP contribution < -0.4 is 20.7 Å². The highest BCUT2D eigenvalue weighted by atomic mass is 35.5. The van der Waals surface area contributed by atoms with E-state index in [1.807, 2.05) is 11.0 Å². The van der Waals surface area contributed by atoms with Gasteiger partial charge in [0.15, 0.2) is 17.5 Å². The zero-order chi connectivity index (χ0) is 32.2. The summed E-state index contributed by atoms with van der Waals surface area (Å²) in [5.41, 5.74) is 2.48. The Bertz CT molecular complexity index is 1740. The number of halogens is 3. The molecule has 4 aromatic rings. The molecule has 240 valence electrons. The van der Waals surface area contributed by atoms with Gasteiger partial charge in [-0.3, -0.25) is 14.7 Å². The van der Waals surface area contributed by atoms with Gasteiger partial charge < -0.3 is 25.8 Å². The molecule has 2 saturated heterocycles. The zero-order valence-electron chi connectivity index (χ0n) is 25.2. The third kappa shape index (κ3) is 6.80. The van der Waals surface area contributed by atoms with E-state index in [-0.39, 0.29) is 46.6 Å². The summed E-state index contributed by atoms with van der Waals surface area (Å²) in [5, 5.41) is 18.6. The lowest BCUT2D eigenvalue weighted by Crippen LogP contribution is -2.47. The molecule has 3 aromatic heterocycles. The van der Waals surface area contributed by atoms with Crippen molar-refractivity contribution in [3.8, 4) is 28.4 Å². The smallest absolute Gasteiger partial charge is 0.220 e. The van der Waals surface area contributed by atoms with Gasteiger partial charge in [0.2, 0.25) is 11.8 Å². The highest BCUT2D eigenvalue weighted by Gasteiger charge is 2.27. The second-order valence-corrected chi connectivity index (χ2v) is 11.9. The van der Waals surface area contributed by atoms with Crippen LogP contribution in [0.1, 0.15) is 24.0 Å². The highest BCUT2D eigenvalue weighted by Crippen LogP contribution is 2.38. The first-order valence-corrected chi connectivity index (χ1v) is 15.4. The van der Waals surface area contributed by atoms with Crippen molar-refractivity contribution in [3.05, 3.63) is 82.6 Å². The van der Waals surface area contributed by atoms with E-state index < -0.39 is 11.6 Å². The summed E-state index contributed by atoms with van der Waals surface area (Å²) in [5.74, 6) is -0.508. The summed E-state index contributed by atoms with van der Waals surface area (Å²) in [6.07, 6.45) is 4.32. The lowest BCUT2D eigenvalue weighted by molar-refractivity contribution is -0.119. The number of anilines is 2. The molecule has 0 saturated carbocycles. The molecule has 46 heavy (non-hydrogen) atoms. The van der Waals surface area contributed by atoms with Crippen LogP contribution in [0.15, 0.2) is 54.9 Å². The number of carbonyl (C=O) groups is 1. The van der Waals surface area contributed by atoms with Crippen molar-refractivity contribution >= 4 is 29.0 Å². The van der Waals surface area contributed by atoms with E-state index in [2.05, 4.69) is 30.9 Å². The number of nitrogens with one attached hydrogen (secondary N) is 3. The Hall–Kier alpha value is -4.23. The van der Waals surface area contributed by atoms with Crippen LogP contribution in [0.2, 0.25) is 5.02 Å². The maximum absolute atomic E-state index is 16.1. The first-order valence-electron chi connectivity index (χ1n) is 15.1. The minimum absolute atomic E-state index is 0.00293. The number of pyridine rings is 3. The lowest BCUT2D eigenvalue weighted by Gasteiger charge is -2.38. The molecule has 0 bridgehead atoms. The quantitative estimate of drug-likeness (QED) is 0.173. The van der Waals surface area contributed by atoms with Gasteiger partial charge in [0.1, 0.15) is 5.69 Å². The van der Waals surface area contributed by atoms with Crippen LogP contribution in [0.3, 0.4) is 0 Å². The summed E-state index contributed by atoms with van der Waals surface area (Å²) in [6.45, 7) is 3.01. The van der Waals surface area contributed by atoms with Crippen LogP contribution >= 0.6 is 11.6 Å². The SMILES string of the molecule is COc1nc(-c2ccnc(-c3cccc(Nc4nccc(CN5CC(CO)C5)c4F)c3Cl)c2F)ccc1CNC[C@H]1CCC(=O)N1. The van der Waals surface area contributed by atoms with E-state index in [9.17, 15) is 9.90 Å². The molecular weight excluding hydrogens is 616 g/mol. The number of aliphatic hydroxyl groups excluding tert-OH is 1. The number of hydrogen-bond donors (Lipinski definition) is 4. The van der Waals surface area contributed by atoms with Gasteiger partial charge in [-0.15, -0.1) is 0 Å². The van der Waals surface area contributed by atoms with Crippen molar-refractivity contribution < 1.29 is 23.4 Å². The van der Waals surface area contributed by atoms with E-state index in [1.54, 1.807) is 30.3 Å². The van der Waals surface area contributed by atoms with Gasteiger partial charge in [-0.25, -0.2) is 18.7 Å². The molecule has 2 fully saturated rings. The molecule has 2 aliphatic rings. The molecule has 5 heterocycles. The molecule has 2 aliphatic heterocycles. The summed E-state index contributed by atoms with van der Waals surface area (Å²) >= 11 is 6.76. The molecular formula is C33H34ClF2N7O3. The van der Waals surface area contributed by atoms with E-state index in [4.69, 9.17) is 16.3 Å². The standard InChI is InChI=1S/C33H34ClF2N7O3/c1-46-33-20(13-37-14-22-6-8-27(45)40-22)5-7-25(42-33)23-10-12-38-31(30(23)36)24-3-2-4-26(28(24)34)41-32-29(35)21(9-11-39-32)17-43-15-19(16-43)18-44/h2-5,7,9-12,19,22,37,44H,6,8,13-18H2,1H3,(H,39,41)(H,40,45)/t22-/m1/s1. The number of rotatable bonds is 12. The van der Waals surface area contributed by atoms with Crippen LogP contribution in [-0.4, -0.2) is 70.3 Å².